The minimum absolute atomic E-state index is 0.109. The molecule has 2 rings (SSSR count). The first-order valence-electron chi connectivity index (χ1n) is 7.10. The third-order valence-electron chi connectivity index (χ3n) is 3.73. The van der Waals surface area contributed by atoms with Gasteiger partial charge in [0.05, 0.1) is 25.3 Å². The molecule has 4 nitrogen and oxygen atoms in total. The van der Waals surface area contributed by atoms with Crippen molar-refractivity contribution < 1.29 is 10.2 Å². The molecule has 21 heavy (non-hydrogen) atoms. The molecule has 0 saturated carbocycles. The standard InChI is InChI=1S/C17H22N2O2/c1-12-5-6-14(8-13(12)2)17(19-16(10-20)11-21)15-4-3-7-18-9-15/h3-9,16-17,19-21H,10-11H2,1-2H3/t17-/m1/s1. The fourth-order valence-corrected chi connectivity index (χ4v) is 2.27. The Morgan fingerprint density at radius 1 is 1.05 bits per heavy atom. The lowest BCUT2D eigenvalue weighted by Gasteiger charge is -2.24. The molecule has 2 aromatic rings. The molecule has 1 atom stereocenters. The van der Waals surface area contributed by atoms with Crippen molar-refractivity contribution in [1.82, 2.24) is 10.3 Å². The summed E-state index contributed by atoms with van der Waals surface area (Å²) in [6.07, 6.45) is 3.54. The first-order valence-corrected chi connectivity index (χ1v) is 7.10. The molecule has 0 spiro atoms. The molecule has 1 aromatic heterocycles. The van der Waals surface area contributed by atoms with Gasteiger partial charge in [-0.05, 0) is 42.2 Å². The van der Waals surface area contributed by atoms with Crippen molar-refractivity contribution >= 4 is 0 Å². The fourth-order valence-electron chi connectivity index (χ4n) is 2.27. The van der Waals surface area contributed by atoms with Gasteiger partial charge in [0.2, 0.25) is 0 Å². The van der Waals surface area contributed by atoms with Crippen molar-refractivity contribution in [2.45, 2.75) is 25.9 Å². The van der Waals surface area contributed by atoms with Crippen LogP contribution in [0.15, 0.2) is 42.7 Å². The molecule has 0 unspecified atom stereocenters. The van der Waals surface area contributed by atoms with Crippen LogP contribution in [0.3, 0.4) is 0 Å². The molecule has 0 aliphatic heterocycles. The summed E-state index contributed by atoms with van der Waals surface area (Å²) in [5.41, 5.74) is 4.56. The lowest BCUT2D eigenvalue weighted by molar-refractivity contribution is 0.165. The van der Waals surface area contributed by atoms with Gasteiger partial charge in [-0.2, -0.15) is 0 Å². The van der Waals surface area contributed by atoms with Crippen molar-refractivity contribution in [3.63, 3.8) is 0 Å². The van der Waals surface area contributed by atoms with Crippen LogP contribution in [0, 0.1) is 13.8 Å². The summed E-state index contributed by atoms with van der Waals surface area (Å²) in [7, 11) is 0. The van der Waals surface area contributed by atoms with E-state index in [-0.39, 0.29) is 25.3 Å². The summed E-state index contributed by atoms with van der Waals surface area (Å²) in [5, 5.41) is 22.0. The number of benzene rings is 1. The number of nitrogens with one attached hydrogen (secondary N) is 1. The molecule has 4 heteroatoms. The molecule has 112 valence electrons. The van der Waals surface area contributed by atoms with Crippen LogP contribution in [-0.4, -0.2) is 34.5 Å². The summed E-state index contributed by atoms with van der Waals surface area (Å²) in [4.78, 5) is 4.17. The van der Waals surface area contributed by atoms with E-state index in [2.05, 4.69) is 42.3 Å². The number of hydrogen-bond acceptors (Lipinski definition) is 4. The minimum Gasteiger partial charge on any atom is -0.395 e. The fraction of sp³-hybridized carbons (Fsp3) is 0.353. The van der Waals surface area contributed by atoms with Crippen LogP contribution in [0.25, 0.3) is 0 Å². The minimum atomic E-state index is -0.364. The number of aromatic nitrogens is 1. The van der Waals surface area contributed by atoms with Gasteiger partial charge in [-0.15, -0.1) is 0 Å². The molecule has 0 fully saturated rings. The first-order chi connectivity index (χ1) is 10.2. The maximum atomic E-state index is 9.33. The number of aliphatic hydroxyl groups is 2. The number of aryl methyl sites for hydroxylation is 2. The number of rotatable bonds is 6. The molecule has 0 radical (unpaired) electrons. The summed E-state index contributed by atoms with van der Waals surface area (Å²) >= 11 is 0. The van der Waals surface area contributed by atoms with E-state index in [9.17, 15) is 10.2 Å². The quantitative estimate of drug-likeness (QED) is 0.756. The van der Waals surface area contributed by atoms with Gasteiger partial charge in [0.1, 0.15) is 0 Å². The van der Waals surface area contributed by atoms with E-state index >= 15 is 0 Å². The van der Waals surface area contributed by atoms with Crippen molar-refractivity contribution in [2.24, 2.45) is 0 Å². The van der Waals surface area contributed by atoms with Crippen molar-refractivity contribution in [1.29, 1.82) is 0 Å². The normalized spacial score (nSPS) is 12.6. The lowest BCUT2D eigenvalue weighted by Crippen LogP contribution is -2.39. The van der Waals surface area contributed by atoms with Gasteiger partial charge in [-0.1, -0.05) is 24.3 Å². The zero-order valence-corrected chi connectivity index (χ0v) is 12.5. The molecular formula is C17H22N2O2. The summed E-state index contributed by atoms with van der Waals surface area (Å²) < 4.78 is 0. The van der Waals surface area contributed by atoms with Gasteiger partial charge in [0.25, 0.3) is 0 Å². The second kappa shape index (κ2) is 7.31. The number of aliphatic hydroxyl groups excluding tert-OH is 2. The van der Waals surface area contributed by atoms with Crippen molar-refractivity contribution in [3.8, 4) is 0 Å². The van der Waals surface area contributed by atoms with Crippen LogP contribution in [0.5, 0.6) is 0 Å². The van der Waals surface area contributed by atoms with Crippen LogP contribution in [0.1, 0.15) is 28.3 Å². The van der Waals surface area contributed by atoms with Gasteiger partial charge in [-0.25, -0.2) is 0 Å². The lowest BCUT2D eigenvalue weighted by atomic mass is 9.96. The van der Waals surface area contributed by atoms with Gasteiger partial charge >= 0.3 is 0 Å². The Morgan fingerprint density at radius 2 is 1.81 bits per heavy atom. The third kappa shape index (κ3) is 3.88. The van der Waals surface area contributed by atoms with Crippen LogP contribution < -0.4 is 5.32 Å². The Hall–Kier alpha value is -1.75. The Labute approximate surface area is 125 Å². The van der Waals surface area contributed by atoms with Gasteiger partial charge in [-0.3, -0.25) is 10.3 Å². The smallest absolute Gasteiger partial charge is 0.0607 e. The van der Waals surface area contributed by atoms with E-state index in [1.165, 1.54) is 11.1 Å². The second-order valence-electron chi connectivity index (χ2n) is 5.29. The Morgan fingerprint density at radius 3 is 2.38 bits per heavy atom. The van der Waals surface area contributed by atoms with Gasteiger partial charge in [0, 0.05) is 12.4 Å². The highest BCUT2D eigenvalue weighted by Gasteiger charge is 2.18. The predicted octanol–water partition coefficient (Wildman–Crippen LogP) is 1.73. The molecule has 0 bridgehead atoms. The Balaban J connectivity index is 2.37. The molecular weight excluding hydrogens is 264 g/mol. The molecule has 0 aliphatic carbocycles. The number of hydrogen-bond donors (Lipinski definition) is 3. The van der Waals surface area contributed by atoms with E-state index in [1.54, 1.807) is 12.4 Å². The molecule has 3 N–H and O–H groups in total. The third-order valence-corrected chi connectivity index (χ3v) is 3.73. The van der Waals surface area contributed by atoms with Crippen LogP contribution in [-0.2, 0) is 0 Å². The van der Waals surface area contributed by atoms with Crippen molar-refractivity contribution in [2.75, 3.05) is 13.2 Å². The molecule has 1 aromatic carbocycles. The SMILES string of the molecule is Cc1ccc([C@@H](NC(CO)CO)c2cccnc2)cc1C. The van der Waals surface area contributed by atoms with E-state index in [0.29, 0.717) is 0 Å². The zero-order chi connectivity index (χ0) is 15.2. The Bertz CT molecular complexity index is 568. The van der Waals surface area contributed by atoms with Gasteiger partial charge in [0.15, 0.2) is 0 Å². The monoisotopic (exact) mass is 286 g/mol. The highest BCUT2D eigenvalue weighted by atomic mass is 16.3. The highest BCUT2D eigenvalue weighted by molar-refractivity contribution is 5.36. The molecule has 1 heterocycles. The summed E-state index contributed by atoms with van der Waals surface area (Å²) in [6, 6.07) is 9.69. The maximum absolute atomic E-state index is 9.33. The van der Waals surface area contributed by atoms with Crippen LogP contribution >= 0.6 is 0 Å². The zero-order valence-electron chi connectivity index (χ0n) is 12.5. The maximum Gasteiger partial charge on any atom is 0.0607 e. The van der Waals surface area contributed by atoms with Crippen molar-refractivity contribution in [3.05, 3.63) is 65.0 Å². The highest BCUT2D eigenvalue weighted by Crippen LogP contribution is 2.24. The van der Waals surface area contributed by atoms with Crippen LogP contribution in [0.4, 0.5) is 0 Å². The van der Waals surface area contributed by atoms with E-state index < -0.39 is 0 Å². The largest absolute Gasteiger partial charge is 0.395 e. The topological polar surface area (TPSA) is 65.4 Å². The molecule has 0 aliphatic rings. The number of pyridine rings is 1. The first kappa shape index (κ1) is 15.6. The van der Waals surface area contributed by atoms with Gasteiger partial charge < -0.3 is 10.2 Å². The average molecular weight is 286 g/mol. The average Bonchev–Trinajstić information content (AvgIpc) is 2.52. The summed E-state index contributed by atoms with van der Waals surface area (Å²) in [6.45, 7) is 3.93. The van der Waals surface area contributed by atoms with Crippen LogP contribution in [0.2, 0.25) is 0 Å². The molecule has 0 saturated heterocycles. The molecule has 0 amide bonds. The Kier molecular flexibility index (Phi) is 5.44. The van der Waals surface area contributed by atoms with E-state index in [4.69, 9.17) is 0 Å². The summed E-state index contributed by atoms with van der Waals surface area (Å²) in [5.74, 6) is 0. The van der Waals surface area contributed by atoms with E-state index in [0.717, 1.165) is 11.1 Å². The predicted molar refractivity (Wildman–Crippen MR) is 83.1 cm³/mol. The second-order valence-corrected chi connectivity index (χ2v) is 5.29. The number of nitrogens with zero attached hydrogens (tertiary/aromatic N) is 1. The van der Waals surface area contributed by atoms with E-state index in [1.807, 2.05) is 12.1 Å².